The van der Waals surface area contributed by atoms with E-state index in [1.54, 1.807) is 18.2 Å². The van der Waals surface area contributed by atoms with Crippen molar-refractivity contribution in [1.29, 1.82) is 5.26 Å². The molecule has 1 N–H and O–H groups in total. The van der Waals surface area contributed by atoms with E-state index in [2.05, 4.69) is 26.3 Å². The zero-order valence-corrected chi connectivity index (χ0v) is 18.3. The minimum atomic E-state index is -0.735. The van der Waals surface area contributed by atoms with Gasteiger partial charge < -0.3 is 19.7 Å². The zero-order valence-electron chi connectivity index (χ0n) is 18.3. The predicted octanol–water partition coefficient (Wildman–Crippen LogP) is 3.94. The molecule has 0 spiro atoms. The van der Waals surface area contributed by atoms with Gasteiger partial charge in [-0.15, -0.1) is 0 Å². The van der Waals surface area contributed by atoms with Crippen molar-refractivity contribution >= 4 is 17.3 Å². The Hall–Kier alpha value is -4.26. The largest absolute Gasteiger partial charge is 0.487 e. The van der Waals surface area contributed by atoms with E-state index in [1.165, 1.54) is 25.4 Å². The Kier molecular flexibility index (Phi) is 6.82. The SMILES string of the molecule is COc1nccc(C(=O)Nc2cc(C#N)ccc2N2CCC(Oc3ccc(F)cc3F)CC2)n1. The lowest BCUT2D eigenvalue weighted by Crippen LogP contribution is -2.38. The molecule has 1 aromatic heterocycles. The second-order valence-electron chi connectivity index (χ2n) is 7.61. The fraction of sp³-hybridized carbons (Fsp3) is 0.250. The van der Waals surface area contributed by atoms with Crippen LogP contribution in [0.25, 0.3) is 0 Å². The summed E-state index contributed by atoms with van der Waals surface area (Å²) in [5.74, 6) is -1.84. The monoisotopic (exact) mass is 465 g/mol. The molecule has 0 bridgehead atoms. The maximum absolute atomic E-state index is 13.9. The molecule has 0 unspecified atom stereocenters. The molecule has 0 radical (unpaired) electrons. The highest BCUT2D eigenvalue weighted by Crippen LogP contribution is 2.31. The molecule has 174 valence electrons. The van der Waals surface area contributed by atoms with Crippen LogP contribution in [0.5, 0.6) is 11.8 Å². The van der Waals surface area contributed by atoms with Gasteiger partial charge in [0.05, 0.1) is 30.1 Å². The molecule has 0 atom stereocenters. The van der Waals surface area contributed by atoms with E-state index >= 15 is 0 Å². The number of nitrogens with zero attached hydrogens (tertiary/aromatic N) is 4. The van der Waals surface area contributed by atoms with E-state index in [0.717, 1.165) is 17.8 Å². The number of anilines is 2. The standard InChI is InChI=1S/C24H21F2N5O3/c1-33-24-28-9-6-19(30-24)23(32)29-20-12-15(14-27)2-4-21(20)31-10-7-17(8-11-31)34-22-5-3-16(25)13-18(22)26/h2-6,9,12-13,17H,7-8,10-11H2,1H3,(H,29,32). The molecule has 1 fully saturated rings. The predicted molar refractivity (Wildman–Crippen MR) is 120 cm³/mol. The number of amides is 1. The van der Waals surface area contributed by atoms with Crippen LogP contribution >= 0.6 is 0 Å². The van der Waals surface area contributed by atoms with Gasteiger partial charge in [0.2, 0.25) is 0 Å². The van der Waals surface area contributed by atoms with Crippen molar-refractivity contribution < 1.29 is 23.0 Å². The van der Waals surface area contributed by atoms with Crippen molar-refractivity contribution in [3.63, 3.8) is 0 Å². The normalized spacial score (nSPS) is 13.8. The number of benzene rings is 2. The lowest BCUT2D eigenvalue weighted by molar-refractivity contribution is 0.102. The summed E-state index contributed by atoms with van der Waals surface area (Å²) < 4.78 is 37.7. The van der Waals surface area contributed by atoms with Crippen LogP contribution in [0, 0.1) is 23.0 Å². The van der Waals surface area contributed by atoms with E-state index in [9.17, 15) is 18.8 Å². The Morgan fingerprint density at radius 3 is 2.68 bits per heavy atom. The number of carbonyl (C=O) groups excluding carboxylic acids is 1. The summed E-state index contributed by atoms with van der Waals surface area (Å²) in [6.07, 6.45) is 2.36. The second-order valence-corrected chi connectivity index (χ2v) is 7.61. The summed E-state index contributed by atoms with van der Waals surface area (Å²) in [5, 5.41) is 12.1. The number of nitriles is 1. The first-order valence-corrected chi connectivity index (χ1v) is 10.6. The number of nitrogens with one attached hydrogen (secondary N) is 1. The van der Waals surface area contributed by atoms with Crippen molar-refractivity contribution in [2.24, 2.45) is 0 Å². The summed E-state index contributed by atoms with van der Waals surface area (Å²) >= 11 is 0. The van der Waals surface area contributed by atoms with Gasteiger partial charge in [-0.1, -0.05) is 0 Å². The number of rotatable bonds is 6. The highest BCUT2D eigenvalue weighted by Gasteiger charge is 2.24. The quantitative estimate of drug-likeness (QED) is 0.589. The number of piperidine rings is 1. The van der Waals surface area contributed by atoms with Crippen molar-refractivity contribution in [1.82, 2.24) is 9.97 Å². The molecule has 3 aromatic rings. The topological polar surface area (TPSA) is 100 Å². The van der Waals surface area contributed by atoms with Crippen LogP contribution in [0.4, 0.5) is 20.2 Å². The van der Waals surface area contributed by atoms with Crippen LogP contribution in [0.15, 0.2) is 48.7 Å². The Labute approximate surface area is 194 Å². The van der Waals surface area contributed by atoms with Crippen LogP contribution in [0.1, 0.15) is 28.9 Å². The first-order valence-electron chi connectivity index (χ1n) is 10.6. The van der Waals surface area contributed by atoms with Gasteiger partial charge in [0.15, 0.2) is 11.6 Å². The van der Waals surface area contributed by atoms with E-state index in [4.69, 9.17) is 9.47 Å². The molecule has 34 heavy (non-hydrogen) atoms. The number of hydrogen-bond donors (Lipinski definition) is 1. The Bertz CT molecular complexity index is 1240. The van der Waals surface area contributed by atoms with Crippen LogP contribution in [-0.2, 0) is 0 Å². The molecule has 4 rings (SSSR count). The molecule has 0 aliphatic carbocycles. The summed E-state index contributed by atoms with van der Waals surface area (Å²) in [6.45, 7) is 1.15. The van der Waals surface area contributed by atoms with E-state index in [0.29, 0.717) is 37.2 Å². The van der Waals surface area contributed by atoms with Crippen molar-refractivity contribution in [2.75, 3.05) is 30.4 Å². The Morgan fingerprint density at radius 2 is 1.97 bits per heavy atom. The molecule has 1 aliphatic rings. The molecule has 8 nitrogen and oxygen atoms in total. The number of hydrogen-bond acceptors (Lipinski definition) is 7. The van der Waals surface area contributed by atoms with Gasteiger partial charge in [0.1, 0.15) is 17.6 Å². The van der Waals surface area contributed by atoms with E-state index < -0.39 is 17.5 Å². The van der Waals surface area contributed by atoms with Gasteiger partial charge in [-0.3, -0.25) is 4.79 Å². The maximum Gasteiger partial charge on any atom is 0.316 e. The highest BCUT2D eigenvalue weighted by atomic mass is 19.1. The number of ether oxygens (including phenoxy) is 2. The minimum Gasteiger partial charge on any atom is -0.487 e. The van der Waals surface area contributed by atoms with Gasteiger partial charge in [0.25, 0.3) is 5.91 Å². The minimum absolute atomic E-state index is 0.0199. The molecule has 1 saturated heterocycles. The molecule has 10 heteroatoms. The van der Waals surface area contributed by atoms with Crippen LogP contribution in [0.3, 0.4) is 0 Å². The van der Waals surface area contributed by atoms with Crippen LogP contribution in [-0.4, -0.2) is 42.2 Å². The Morgan fingerprint density at radius 1 is 1.18 bits per heavy atom. The summed E-state index contributed by atoms with van der Waals surface area (Å²) in [4.78, 5) is 22.8. The molecule has 1 aliphatic heterocycles. The second kappa shape index (κ2) is 10.1. The average Bonchev–Trinajstić information content (AvgIpc) is 2.86. The van der Waals surface area contributed by atoms with E-state index in [1.807, 2.05) is 0 Å². The van der Waals surface area contributed by atoms with Crippen LogP contribution in [0.2, 0.25) is 0 Å². The summed E-state index contributed by atoms with van der Waals surface area (Å²) in [7, 11) is 1.41. The average molecular weight is 465 g/mol. The fourth-order valence-corrected chi connectivity index (χ4v) is 3.70. The smallest absolute Gasteiger partial charge is 0.316 e. The van der Waals surface area contributed by atoms with Gasteiger partial charge in [0, 0.05) is 38.2 Å². The third-order valence-corrected chi connectivity index (χ3v) is 5.39. The van der Waals surface area contributed by atoms with Crippen molar-refractivity contribution in [3.05, 3.63) is 71.6 Å². The molecule has 2 heterocycles. The van der Waals surface area contributed by atoms with Crippen molar-refractivity contribution in [2.45, 2.75) is 18.9 Å². The molecule has 2 aromatic carbocycles. The number of halogens is 2. The molecule has 0 saturated carbocycles. The maximum atomic E-state index is 13.9. The van der Waals surface area contributed by atoms with Crippen LogP contribution < -0.4 is 19.7 Å². The Balaban J connectivity index is 1.48. The lowest BCUT2D eigenvalue weighted by atomic mass is 10.1. The third kappa shape index (κ3) is 5.20. The fourth-order valence-electron chi connectivity index (χ4n) is 3.70. The zero-order chi connectivity index (χ0) is 24.1. The summed E-state index contributed by atoms with van der Waals surface area (Å²) in [5.41, 5.74) is 1.71. The molecule has 1 amide bonds. The number of methoxy groups -OCH3 is 1. The first kappa shape index (κ1) is 22.9. The first-order chi connectivity index (χ1) is 16.5. The highest BCUT2D eigenvalue weighted by molar-refractivity contribution is 6.04. The lowest BCUT2D eigenvalue weighted by Gasteiger charge is -2.34. The third-order valence-electron chi connectivity index (χ3n) is 5.39. The molecular weight excluding hydrogens is 444 g/mol. The number of carbonyl (C=O) groups is 1. The van der Waals surface area contributed by atoms with Gasteiger partial charge in [-0.25, -0.2) is 13.8 Å². The van der Waals surface area contributed by atoms with Crippen molar-refractivity contribution in [3.8, 4) is 17.8 Å². The summed E-state index contributed by atoms with van der Waals surface area (Å²) in [6, 6.07) is 11.9. The van der Waals surface area contributed by atoms with Gasteiger partial charge >= 0.3 is 6.01 Å². The number of aromatic nitrogens is 2. The van der Waals surface area contributed by atoms with Gasteiger partial charge in [-0.2, -0.15) is 10.2 Å². The van der Waals surface area contributed by atoms with Gasteiger partial charge in [-0.05, 0) is 36.4 Å². The molecular formula is C24H21F2N5O3. The van der Waals surface area contributed by atoms with E-state index in [-0.39, 0.29) is 23.6 Å².